The van der Waals surface area contributed by atoms with Crippen LogP contribution in [-0.4, -0.2) is 26.1 Å². The summed E-state index contributed by atoms with van der Waals surface area (Å²) < 4.78 is 6.75. The van der Waals surface area contributed by atoms with E-state index in [4.69, 9.17) is 4.43 Å². The first-order valence-electron chi connectivity index (χ1n) is 12.5. The lowest BCUT2D eigenvalue weighted by molar-refractivity contribution is -0.0970. The van der Waals surface area contributed by atoms with Gasteiger partial charge in [0.2, 0.25) is 0 Å². The molecule has 3 fully saturated rings. The predicted octanol–water partition coefficient (Wildman–Crippen LogP) is 7.27. The fourth-order valence-corrected chi connectivity index (χ4v) is 8.41. The van der Waals surface area contributed by atoms with Gasteiger partial charge in [-0.1, -0.05) is 48.5 Å². The van der Waals surface area contributed by atoms with E-state index in [9.17, 15) is 5.11 Å². The Bertz CT molecular complexity index is 582. The van der Waals surface area contributed by atoms with Crippen molar-refractivity contribution in [2.45, 2.75) is 118 Å². The molecule has 0 aromatic rings. The highest BCUT2D eigenvalue weighted by atomic mass is 28.4. The van der Waals surface area contributed by atoms with Crippen molar-refractivity contribution in [2.75, 3.05) is 6.61 Å². The quantitative estimate of drug-likeness (QED) is 0.482. The first kappa shape index (κ1) is 23.8. The van der Waals surface area contributed by atoms with Gasteiger partial charge in [0.15, 0.2) is 8.32 Å². The molecule has 0 radical (unpaired) electrons. The van der Waals surface area contributed by atoms with Crippen LogP contribution in [0.4, 0.5) is 0 Å². The molecule has 0 spiro atoms. The SMILES string of the molecule is C[C@@H]1[C@@H]([C@@]2(C)CC[C@H](O)C[C@@H]2CO[Si](C)(C)C(C)(C)C)CC[C@]2(C)[C@@H](C)CC[C@@H]12. The second-order valence-corrected chi connectivity index (χ2v) is 18.1. The molecular weight excluding hydrogens is 372 g/mol. The Kier molecular flexibility index (Phi) is 6.50. The third kappa shape index (κ3) is 4.14. The van der Waals surface area contributed by atoms with E-state index in [2.05, 4.69) is 61.6 Å². The van der Waals surface area contributed by atoms with Crippen molar-refractivity contribution in [3.05, 3.63) is 0 Å². The fourth-order valence-electron chi connectivity index (χ4n) is 7.36. The van der Waals surface area contributed by atoms with Gasteiger partial charge >= 0.3 is 0 Å². The average Bonchev–Trinajstić information content (AvgIpc) is 2.91. The summed E-state index contributed by atoms with van der Waals surface area (Å²) >= 11 is 0. The maximum atomic E-state index is 10.5. The number of fused-ring (bicyclic) bond motifs is 1. The smallest absolute Gasteiger partial charge is 0.191 e. The van der Waals surface area contributed by atoms with Crippen LogP contribution in [0.25, 0.3) is 0 Å². The maximum Gasteiger partial charge on any atom is 0.191 e. The number of rotatable bonds is 4. The summed E-state index contributed by atoms with van der Waals surface area (Å²) in [4.78, 5) is 0. The molecule has 3 saturated carbocycles. The van der Waals surface area contributed by atoms with E-state index < -0.39 is 8.32 Å². The molecule has 170 valence electrons. The van der Waals surface area contributed by atoms with E-state index in [1.807, 2.05) is 0 Å². The molecule has 0 aromatic carbocycles. The number of hydrogen-bond donors (Lipinski definition) is 1. The van der Waals surface area contributed by atoms with Crippen LogP contribution in [-0.2, 0) is 4.43 Å². The topological polar surface area (TPSA) is 29.5 Å². The van der Waals surface area contributed by atoms with Gasteiger partial charge in [0.25, 0.3) is 0 Å². The summed E-state index contributed by atoms with van der Waals surface area (Å²) in [5, 5.41) is 10.8. The van der Waals surface area contributed by atoms with Crippen molar-refractivity contribution >= 4 is 8.32 Å². The van der Waals surface area contributed by atoms with Crippen molar-refractivity contribution in [3.8, 4) is 0 Å². The minimum Gasteiger partial charge on any atom is -0.417 e. The lowest BCUT2D eigenvalue weighted by Gasteiger charge is -2.57. The number of hydrogen-bond acceptors (Lipinski definition) is 2. The van der Waals surface area contributed by atoms with Gasteiger partial charge < -0.3 is 9.53 Å². The molecule has 0 unspecified atom stereocenters. The zero-order valence-electron chi connectivity index (χ0n) is 21.0. The summed E-state index contributed by atoms with van der Waals surface area (Å²) in [5.74, 6) is 3.85. The Labute approximate surface area is 182 Å². The summed E-state index contributed by atoms with van der Waals surface area (Å²) in [7, 11) is -1.76. The lowest BCUT2D eigenvalue weighted by atomic mass is 9.49. The highest BCUT2D eigenvalue weighted by Gasteiger charge is 2.56. The molecule has 3 aliphatic carbocycles. The number of aliphatic hydroxyl groups excluding tert-OH is 1. The number of aliphatic hydroxyl groups is 1. The van der Waals surface area contributed by atoms with Crippen LogP contribution in [0, 0.1) is 40.4 Å². The first-order chi connectivity index (χ1) is 13.2. The van der Waals surface area contributed by atoms with Crippen LogP contribution >= 0.6 is 0 Å². The molecule has 0 bridgehead atoms. The van der Waals surface area contributed by atoms with Crippen LogP contribution < -0.4 is 0 Å². The second-order valence-electron chi connectivity index (χ2n) is 13.3. The minimum absolute atomic E-state index is 0.133. The van der Waals surface area contributed by atoms with Crippen molar-refractivity contribution in [2.24, 2.45) is 40.4 Å². The van der Waals surface area contributed by atoms with Crippen LogP contribution in [0.5, 0.6) is 0 Å². The Morgan fingerprint density at radius 3 is 2.14 bits per heavy atom. The fraction of sp³-hybridized carbons (Fsp3) is 1.00. The zero-order chi connectivity index (χ0) is 21.8. The molecule has 3 heteroatoms. The van der Waals surface area contributed by atoms with Gasteiger partial charge in [-0.05, 0) is 103 Å². The van der Waals surface area contributed by atoms with E-state index in [1.54, 1.807) is 0 Å². The predicted molar refractivity (Wildman–Crippen MR) is 126 cm³/mol. The minimum atomic E-state index is -1.76. The third-order valence-corrected chi connectivity index (χ3v) is 15.5. The molecule has 8 atom stereocenters. The standard InChI is InChI=1S/C26H50O2Si/c1-18-10-11-22-19(2)23(13-15-25(18,22)6)26(7)14-12-21(27)16-20(26)17-28-29(8,9)24(3,4)5/h18-23,27H,10-17H2,1-9H3/t18-,19-,20+,21-,22-,23-,25+,26-/m0/s1. The van der Waals surface area contributed by atoms with Crippen LogP contribution in [0.2, 0.25) is 18.1 Å². The Balaban J connectivity index is 1.80. The van der Waals surface area contributed by atoms with E-state index in [1.165, 1.54) is 32.1 Å². The zero-order valence-corrected chi connectivity index (χ0v) is 22.0. The third-order valence-electron chi connectivity index (χ3n) is 11.0. The molecule has 29 heavy (non-hydrogen) atoms. The Hall–Kier alpha value is 0.137. The summed E-state index contributed by atoms with van der Waals surface area (Å²) in [5.41, 5.74) is 0.877. The Morgan fingerprint density at radius 1 is 0.931 bits per heavy atom. The van der Waals surface area contributed by atoms with Gasteiger partial charge in [-0.15, -0.1) is 0 Å². The summed E-state index contributed by atoms with van der Waals surface area (Å²) in [6.07, 6.45) is 8.59. The van der Waals surface area contributed by atoms with Crippen molar-refractivity contribution in [1.82, 2.24) is 0 Å². The average molecular weight is 423 g/mol. The van der Waals surface area contributed by atoms with Crippen LogP contribution in [0.3, 0.4) is 0 Å². The maximum absolute atomic E-state index is 10.5. The second kappa shape index (κ2) is 7.92. The molecule has 0 heterocycles. The van der Waals surface area contributed by atoms with Crippen LogP contribution in [0.1, 0.15) is 93.4 Å². The monoisotopic (exact) mass is 422 g/mol. The van der Waals surface area contributed by atoms with Crippen molar-refractivity contribution in [3.63, 3.8) is 0 Å². The largest absolute Gasteiger partial charge is 0.417 e. The highest BCUT2D eigenvalue weighted by Crippen LogP contribution is 2.63. The van der Waals surface area contributed by atoms with Crippen molar-refractivity contribution in [1.29, 1.82) is 0 Å². The summed E-state index contributed by atoms with van der Waals surface area (Å²) in [6, 6.07) is 0. The van der Waals surface area contributed by atoms with Crippen molar-refractivity contribution < 1.29 is 9.53 Å². The lowest BCUT2D eigenvalue weighted by Crippen LogP contribution is -2.52. The molecule has 0 aliphatic heterocycles. The first-order valence-corrected chi connectivity index (χ1v) is 15.5. The van der Waals surface area contributed by atoms with Crippen LogP contribution in [0.15, 0.2) is 0 Å². The summed E-state index contributed by atoms with van der Waals surface area (Å²) in [6.45, 7) is 22.8. The molecule has 0 aromatic heterocycles. The van der Waals surface area contributed by atoms with Gasteiger partial charge in [-0.3, -0.25) is 0 Å². The molecule has 0 saturated heterocycles. The molecule has 3 aliphatic rings. The molecule has 0 amide bonds. The molecule has 2 nitrogen and oxygen atoms in total. The molecule has 3 rings (SSSR count). The van der Waals surface area contributed by atoms with Gasteiger partial charge in [0.05, 0.1) is 6.10 Å². The Morgan fingerprint density at radius 2 is 1.52 bits per heavy atom. The van der Waals surface area contributed by atoms with E-state index >= 15 is 0 Å². The molecular formula is C26H50O2Si. The molecule has 1 N–H and O–H groups in total. The highest BCUT2D eigenvalue weighted by molar-refractivity contribution is 6.74. The van der Waals surface area contributed by atoms with E-state index in [0.29, 0.717) is 16.7 Å². The van der Waals surface area contributed by atoms with Gasteiger partial charge in [0, 0.05) is 6.61 Å². The van der Waals surface area contributed by atoms with Gasteiger partial charge in [-0.2, -0.15) is 0 Å². The van der Waals surface area contributed by atoms with E-state index in [0.717, 1.165) is 43.1 Å². The van der Waals surface area contributed by atoms with Gasteiger partial charge in [0.1, 0.15) is 0 Å². The van der Waals surface area contributed by atoms with Gasteiger partial charge in [-0.25, -0.2) is 0 Å². The van der Waals surface area contributed by atoms with E-state index in [-0.39, 0.29) is 11.1 Å². The normalized spacial score (nSPS) is 46.6.